The topological polar surface area (TPSA) is 125 Å². The molecule has 0 aliphatic heterocycles. The molecular formula is C28H37ClN6O3. The molecular weight excluding hydrogens is 504 g/mol. The summed E-state index contributed by atoms with van der Waals surface area (Å²) < 4.78 is 0. The second-order valence-corrected chi connectivity index (χ2v) is 12.6. The summed E-state index contributed by atoms with van der Waals surface area (Å²) in [5.74, 6) is 2.67. The minimum absolute atomic E-state index is 0.1000. The standard InChI is InChI=1S/C28H37ClN6O3/c29-23-4-2-1-3-18(23)14-30-27-31-15-24(35(37)38)26(34-27)32-16-28-11-17-9-19(12-28)25(20(10-17)13-28)33-21-5-7-22(36)8-6-21/h1-4,15,17,19-22,25,33,36H,5-14,16H2,(H2,30,31,32,34)/t17?,19-,20+,21?,22?,25?,28?. The molecule has 1 heterocycles. The molecule has 4 bridgehead atoms. The number of benzene rings is 1. The highest BCUT2D eigenvalue weighted by atomic mass is 35.5. The monoisotopic (exact) mass is 540 g/mol. The quantitative estimate of drug-likeness (QED) is 0.254. The smallest absolute Gasteiger partial charge is 0.329 e. The van der Waals surface area contributed by atoms with Gasteiger partial charge in [-0.05, 0) is 92.6 Å². The van der Waals surface area contributed by atoms with Gasteiger partial charge in [-0.25, -0.2) is 4.98 Å². The number of nitrogens with zero attached hydrogens (tertiary/aromatic N) is 3. The van der Waals surface area contributed by atoms with Gasteiger partial charge in [0.15, 0.2) is 0 Å². The number of hydrogen-bond acceptors (Lipinski definition) is 8. The Hall–Kier alpha value is -2.49. The van der Waals surface area contributed by atoms with Crippen molar-refractivity contribution in [1.82, 2.24) is 15.3 Å². The van der Waals surface area contributed by atoms with Crippen LogP contribution in [-0.4, -0.2) is 44.7 Å². The summed E-state index contributed by atoms with van der Waals surface area (Å²) in [7, 11) is 0. The number of halogens is 1. The normalized spacial score (nSPS) is 33.7. The van der Waals surface area contributed by atoms with Crippen molar-refractivity contribution >= 4 is 29.1 Å². The first-order chi connectivity index (χ1) is 18.4. The van der Waals surface area contributed by atoms with E-state index >= 15 is 0 Å². The number of aliphatic hydroxyl groups excluding tert-OH is 1. The van der Waals surface area contributed by atoms with Crippen LogP contribution in [0.3, 0.4) is 0 Å². The number of nitrogens with one attached hydrogen (secondary N) is 3. The largest absolute Gasteiger partial charge is 0.393 e. The van der Waals surface area contributed by atoms with Gasteiger partial charge in [-0.2, -0.15) is 4.98 Å². The van der Waals surface area contributed by atoms with Gasteiger partial charge in [0.25, 0.3) is 0 Å². The predicted molar refractivity (Wildman–Crippen MR) is 147 cm³/mol. The molecule has 10 heteroatoms. The third-order valence-corrected chi connectivity index (χ3v) is 9.89. The van der Waals surface area contributed by atoms with Crippen molar-refractivity contribution in [3.05, 3.63) is 51.2 Å². The molecule has 0 radical (unpaired) electrons. The van der Waals surface area contributed by atoms with E-state index in [1.165, 1.54) is 25.5 Å². The van der Waals surface area contributed by atoms with Crippen LogP contribution in [0.25, 0.3) is 0 Å². The van der Waals surface area contributed by atoms with E-state index in [9.17, 15) is 15.2 Å². The lowest BCUT2D eigenvalue weighted by molar-refractivity contribution is -0.384. The van der Waals surface area contributed by atoms with Crippen molar-refractivity contribution in [3.8, 4) is 0 Å². The molecule has 38 heavy (non-hydrogen) atoms. The Morgan fingerprint density at radius 1 is 1.08 bits per heavy atom. The fourth-order valence-electron chi connectivity index (χ4n) is 8.01. The lowest BCUT2D eigenvalue weighted by Crippen LogP contribution is -2.61. The van der Waals surface area contributed by atoms with Gasteiger partial charge in [-0.1, -0.05) is 29.8 Å². The fourth-order valence-corrected chi connectivity index (χ4v) is 8.21. The summed E-state index contributed by atoms with van der Waals surface area (Å²) in [6.45, 7) is 1.13. The molecule has 1 aromatic carbocycles. The number of hydrogen-bond donors (Lipinski definition) is 4. The first kappa shape index (κ1) is 25.8. The zero-order valence-corrected chi connectivity index (χ0v) is 22.4. The lowest BCUT2D eigenvalue weighted by Gasteiger charge is -2.61. The van der Waals surface area contributed by atoms with Gasteiger partial charge in [0.2, 0.25) is 11.8 Å². The van der Waals surface area contributed by atoms with E-state index < -0.39 is 4.92 Å². The first-order valence-corrected chi connectivity index (χ1v) is 14.4. The van der Waals surface area contributed by atoms with Crippen LogP contribution in [0.4, 0.5) is 17.5 Å². The molecule has 2 aromatic rings. The summed E-state index contributed by atoms with van der Waals surface area (Å²) in [5, 5.41) is 32.9. The van der Waals surface area contributed by atoms with Crippen molar-refractivity contribution in [2.45, 2.75) is 82.5 Å². The first-order valence-electron chi connectivity index (χ1n) is 14.0. The van der Waals surface area contributed by atoms with Crippen LogP contribution in [0.1, 0.15) is 63.4 Å². The minimum Gasteiger partial charge on any atom is -0.393 e. The number of aromatic nitrogens is 2. The van der Waals surface area contributed by atoms with Crippen LogP contribution in [0.2, 0.25) is 5.02 Å². The number of rotatable bonds is 9. The zero-order chi connectivity index (χ0) is 26.3. The van der Waals surface area contributed by atoms with Gasteiger partial charge >= 0.3 is 5.69 Å². The average molecular weight is 541 g/mol. The summed E-state index contributed by atoms with van der Waals surface area (Å²) in [6, 6.07) is 8.63. The zero-order valence-electron chi connectivity index (χ0n) is 21.6. The van der Waals surface area contributed by atoms with Gasteiger partial charge in [-0.15, -0.1) is 0 Å². The fraction of sp³-hybridized carbons (Fsp3) is 0.643. The SMILES string of the molecule is O=[N+]([O-])c1cnc(NCc2ccccc2Cl)nc1NCC12CC3C[C@H](C1)C(NC1CCC(O)CC1)[C@@H](C3)C2. The highest BCUT2D eigenvalue weighted by Gasteiger charge is 2.55. The minimum atomic E-state index is -0.416. The second kappa shape index (κ2) is 10.6. The molecule has 1 aromatic heterocycles. The molecule has 0 amide bonds. The number of nitro groups is 1. The summed E-state index contributed by atoms with van der Waals surface area (Å²) >= 11 is 6.26. The van der Waals surface area contributed by atoms with Gasteiger partial charge in [0, 0.05) is 30.2 Å². The van der Waals surface area contributed by atoms with Gasteiger partial charge in [-0.3, -0.25) is 10.1 Å². The molecule has 5 aliphatic carbocycles. The maximum Gasteiger partial charge on any atom is 0.329 e. The van der Waals surface area contributed by atoms with Crippen LogP contribution in [-0.2, 0) is 6.54 Å². The molecule has 7 rings (SSSR count). The third-order valence-electron chi connectivity index (χ3n) is 9.52. The van der Waals surface area contributed by atoms with Crippen molar-refractivity contribution < 1.29 is 10.0 Å². The Kier molecular flexibility index (Phi) is 7.18. The molecule has 3 unspecified atom stereocenters. The molecule has 4 N–H and O–H groups in total. The van der Waals surface area contributed by atoms with Gasteiger partial charge in [0.1, 0.15) is 6.20 Å². The van der Waals surface area contributed by atoms with E-state index in [2.05, 4.69) is 25.9 Å². The van der Waals surface area contributed by atoms with E-state index in [4.69, 9.17) is 11.6 Å². The average Bonchev–Trinajstić information content (AvgIpc) is 2.90. The van der Waals surface area contributed by atoms with Crippen LogP contribution in [0.5, 0.6) is 0 Å². The Morgan fingerprint density at radius 3 is 2.53 bits per heavy atom. The number of aliphatic hydroxyl groups is 1. The Labute approximate surface area is 228 Å². The number of anilines is 2. The summed E-state index contributed by atoms with van der Waals surface area (Å²) in [5.41, 5.74) is 0.963. The van der Waals surface area contributed by atoms with E-state index in [-0.39, 0.29) is 23.0 Å². The molecule has 0 saturated heterocycles. The van der Waals surface area contributed by atoms with Crippen LogP contribution < -0.4 is 16.0 Å². The second-order valence-electron chi connectivity index (χ2n) is 12.2. The van der Waals surface area contributed by atoms with Gasteiger partial charge in [0.05, 0.1) is 11.0 Å². The third kappa shape index (κ3) is 5.33. The summed E-state index contributed by atoms with van der Waals surface area (Å²) in [4.78, 5) is 20.0. The Morgan fingerprint density at radius 2 is 1.82 bits per heavy atom. The van der Waals surface area contributed by atoms with E-state index in [1.807, 2.05) is 24.3 Å². The van der Waals surface area contributed by atoms with Crippen molar-refractivity contribution in [2.75, 3.05) is 17.2 Å². The maximum atomic E-state index is 11.8. The Balaban J connectivity index is 1.12. The molecule has 5 fully saturated rings. The molecule has 5 aliphatic rings. The highest BCUT2D eigenvalue weighted by Crippen LogP contribution is 2.60. The molecule has 0 spiro atoms. The maximum absolute atomic E-state index is 11.8. The predicted octanol–water partition coefficient (Wildman–Crippen LogP) is 5.15. The van der Waals surface area contributed by atoms with E-state index in [0.717, 1.165) is 50.0 Å². The van der Waals surface area contributed by atoms with Crippen LogP contribution in [0.15, 0.2) is 30.5 Å². The molecule has 9 nitrogen and oxygen atoms in total. The van der Waals surface area contributed by atoms with E-state index in [1.54, 1.807) is 0 Å². The molecule has 5 atom stereocenters. The van der Waals surface area contributed by atoms with Crippen molar-refractivity contribution in [2.24, 2.45) is 23.2 Å². The molecule has 204 valence electrons. The van der Waals surface area contributed by atoms with Crippen molar-refractivity contribution in [3.63, 3.8) is 0 Å². The van der Waals surface area contributed by atoms with Crippen LogP contribution >= 0.6 is 11.6 Å². The molecule has 5 saturated carbocycles. The Bertz CT molecular complexity index is 1160. The van der Waals surface area contributed by atoms with Gasteiger partial charge < -0.3 is 21.1 Å². The van der Waals surface area contributed by atoms with E-state index in [0.29, 0.717) is 48.0 Å². The van der Waals surface area contributed by atoms with Crippen LogP contribution in [0, 0.1) is 33.3 Å². The lowest BCUT2D eigenvalue weighted by atomic mass is 9.47. The highest BCUT2D eigenvalue weighted by molar-refractivity contribution is 6.31. The summed E-state index contributed by atoms with van der Waals surface area (Å²) in [6.07, 6.45) is 11.2. The van der Waals surface area contributed by atoms with Crippen molar-refractivity contribution in [1.29, 1.82) is 0 Å².